The monoisotopic (exact) mass is 359 g/mol. The number of sulfonamides is 1. The Morgan fingerprint density at radius 1 is 1.04 bits per heavy atom. The summed E-state index contributed by atoms with van der Waals surface area (Å²) in [4.78, 5) is 4.13. The number of benzene rings is 2. The summed E-state index contributed by atoms with van der Waals surface area (Å²) < 4.78 is 31.3. The summed E-state index contributed by atoms with van der Waals surface area (Å²) in [6.07, 6.45) is 1.42. The fourth-order valence-electron chi connectivity index (χ4n) is 2.17. The Morgan fingerprint density at radius 2 is 1.72 bits per heavy atom. The van der Waals surface area contributed by atoms with E-state index in [4.69, 9.17) is 4.42 Å². The topological polar surface area (TPSA) is 84.2 Å². The van der Waals surface area contributed by atoms with Crippen molar-refractivity contribution < 1.29 is 12.8 Å². The van der Waals surface area contributed by atoms with Crippen LogP contribution in [0.1, 0.15) is 26.3 Å². The van der Waals surface area contributed by atoms with Crippen molar-refractivity contribution in [3.8, 4) is 0 Å². The highest BCUT2D eigenvalue weighted by molar-refractivity contribution is 7.94. The Balaban J connectivity index is 1.64. The molecule has 6 nitrogen and oxygen atoms in total. The highest BCUT2D eigenvalue weighted by atomic mass is 32.2. The van der Waals surface area contributed by atoms with Crippen LogP contribution in [0.4, 0.5) is 11.4 Å². The van der Waals surface area contributed by atoms with Crippen LogP contribution in [0.3, 0.4) is 0 Å². The van der Waals surface area contributed by atoms with E-state index in [0.29, 0.717) is 12.2 Å². The predicted octanol–water partition coefficient (Wildman–Crippen LogP) is 3.98. The molecule has 3 aromatic rings. The summed E-state index contributed by atoms with van der Waals surface area (Å²) >= 11 is 0. The third-order valence-corrected chi connectivity index (χ3v) is 5.96. The Hall–Kier alpha value is -2.54. The second-order valence-electron chi connectivity index (χ2n) is 6.80. The van der Waals surface area contributed by atoms with Gasteiger partial charge in [0, 0.05) is 17.9 Å². The highest BCUT2D eigenvalue weighted by Gasteiger charge is 2.28. The van der Waals surface area contributed by atoms with Crippen LogP contribution in [0.2, 0.25) is 0 Å². The van der Waals surface area contributed by atoms with Gasteiger partial charge in [0.15, 0.2) is 12.0 Å². The van der Waals surface area contributed by atoms with Gasteiger partial charge >= 0.3 is 0 Å². The molecule has 7 heteroatoms. The van der Waals surface area contributed by atoms with Gasteiger partial charge in [0.25, 0.3) is 0 Å². The lowest BCUT2D eigenvalue weighted by Gasteiger charge is -2.20. The summed E-state index contributed by atoms with van der Waals surface area (Å²) in [5.74, 6) is 0. The van der Waals surface area contributed by atoms with Crippen molar-refractivity contribution in [3.05, 3.63) is 54.4 Å². The minimum absolute atomic E-state index is 0.558. The fourth-order valence-corrected chi connectivity index (χ4v) is 2.92. The van der Waals surface area contributed by atoms with Crippen LogP contribution in [0.25, 0.3) is 11.1 Å². The molecule has 0 radical (unpaired) electrons. The molecule has 0 saturated heterocycles. The third-order valence-electron chi connectivity index (χ3n) is 3.84. The Morgan fingerprint density at radius 3 is 2.40 bits per heavy atom. The van der Waals surface area contributed by atoms with Gasteiger partial charge in [0.05, 0.1) is 4.75 Å². The minimum Gasteiger partial charge on any atom is -0.443 e. The molecule has 0 atom stereocenters. The van der Waals surface area contributed by atoms with Crippen molar-refractivity contribution in [2.24, 2.45) is 0 Å². The van der Waals surface area contributed by atoms with E-state index in [1.807, 2.05) is 30.3 Å². The summed E-state index contributed by atoms with van der Waals surface area (Å²) in [7, 11) is -3.42. The lowest BCUT2D eigenvalue weighted by molar-refractivity contribution is 0.566. The van der Waals surface area contributed by atoms with Crippen molar-refractivity contribution >= 4 is 32.5 Å². The number of hydrogen-bond donors (Lipinski definition) is 2. The van der Waals surface area contributed by atoms with Crippen LogP contribution in [-0.2, 0) is 16.6 Å². The number of nitrogens with one attached hydrogen (secondary N) is 2. The zero-order valence-corrected chi connectivity index (χ0v) is 15.2. The molecular weight excluding hydrogens is 338 g/mol. The molecule has 3 rings (SSSR count). The average Bonchev–Trinajstić information content (AvgIpc) is 3.00. The molecule has 0 aliphatic heterocycles. The predicted molar refractivity (Wildman–Crippen MR) is 100 cm³/mol. The van der Waals surface area contributed by atoms with E-state index < -0.39 is 14.8 Å². The molecule has 1 aromatic heterocycles. The Labute approximate surface area is 147 Å². The second kappa shape index (κ2) is 6.40. The largest absolute Gasteiger partial charge is 0.443 e. The van der Waals surface area contributed by atoms with Crippen LogP contribution in [0.5, 0.6) is 0 Å². The number of hydrogen-bond acceptors (Lipinski definition) is 5. The standard InChI is InChI=1S/C18H21N3O3S/c1-18(2,3)25(22,23)21-14-6-4-13(5-7-14)11-19-15-8-9-17-16(10-15)20-12-24-17/h4-10,12,19,21H,11H2,1-3H3. The number of oxazole rings is 1. The van der Waals surface area contributed by atoms with Gasteiger partial charge in [0.1, 0.15) is 5.52 Å². The van der Waals surface area contributed by atoms with Crippen molar-refractivity contribution in [3.63, 3.8) is 0 Å². The van der Waals surface area contributed by atoms with Crippen molar-refractivity contribution in [1.29, 1.82) is 0 Å². The number of anilines is 2. The maximum Gasteiger partial charge on any atom is 0.237 e. The van der Waals surface area contributed by atoms with Crippen LogP contribution >= 0.6 is 0 Å². The highest BCUT2D eigenvalue weighted by Crippen LogP contribution is 2.21. The molecule has 0 saturated carbocycles. The minimum atomic E-state index is -3.42. The molecule has 0 aliphatic rings. The van der Waals surface area contributed by atoms with Gasteiger partial charge in [-0.15, -0.1) is 0 Å². The van der Waals surface area contributed by atoms with Gasteiger partial charge in [-0.05, 0) is 56.7 Å². The normalized spacial score (nSPS) is 12.3. The molecule has 0 fully saturated rings. The van der Waals surface area contributed by atoms with Gasteiger partial charge in [-0.2, -0.15) is 0 Å². The molecule has 0 bridgehead atoms. The summed E-state index contributed by atoms with van der Waals surface area (Å²) in [6.45, 7) is 5.62. The van der Waals surface area contributed by atoms with Crippen LogP contribution < -0.4 is 10.0 Å². The molecule has 0 unspecified atom stereocenters. The molecule has 25 heavy (non-hydrogen) atoms. The molecule has 2 aromatic carbocycles. The first-order valence-electron chi connectivity index (χ1n) is 7.93. The maximum atomic E-state index is 12.2. The maximum absolute atomic E-state index is 12.2. The average molecular weight is 359 g/mol. The van der Waals surface area contributed by atoms with Gasteiger partial charge in [-0.1, -0.05) is 12.1 Å². The fraction of sp³-hybridized carbons (Fsp3) is 0.278. The van der Waals surface area contributed by atoms with Gasteiger partial charge in [-0.25, -0.2) is 13.4 Å². The van der Waals surface area contributed by atoms with E-state index in [2.05, 4.69) is 15.0 Å². The zero-order valence-electron chi connectivity index (χ0n) is 14.4. The van der Waals surface area contributed by atoms with Crippen LogP contribution in [-0.4, -0.2) is 18.1 Å². The molecule has 132 valence electrons. The lowest BCUT2D eigenvalue weighted by atomic mass is 10.2. The van der Waals surface area contributed by atoms with E-state index in [-0.39, 0.29) is 0 Å². The third kappa shape index (κ3) is 3.93. The van der Waals surface area contributed by atoms with E-state index in [9.17, 15) is 8.42 Å². The van der Waals surface area contributed by atoms with Crippen molar-refractivity contribution in [1.82, 2.24) is 4.98 Å². The first-order valence-corrected chi connectivity index (χ1v) is 9.41. The Bertz CT molecular complexity index is 971. The number of aromatic nitrogens is 1. The van der Waals surface area contributed by atoms with Gasteiger partial charge in [-0.3, -0.25) is 4.72 Å². The van der Waals surface area contributed by atoms with Crippen LogP contribution in [0, 0.1) is 0 Å². The SMILES string of the molecule is CC(C)(C)S(=O)(=O)Nc1ccc(CNc2ccc3ocnc3c2)cc1. The summed E-state index contributed by atoms with van der Waals surface area (Å²) in [5, 5.41) is 3.31. The van der Waals surface area contributed by atoms with Crippen molar-refractivity contribution in [2.75, 3.05) is 10.0 Å². The summed E-state index contributed by atoms with van der Waals surface area (Å²) in [5.41, 5.74) is 4.10. The number of nitrogens with zero attached hydrogens (tertiary/aromatic N) is 1. The van der Waals surface area contributed by atoms with Crippen molar-refractivity contribution in [2.45, 2.75) is 32.1 Å². The van der Waals surface area contributed by atoms with Gasteiger partial charge < -0.3 is 9.73 Å². The first-order chi connectivity index (χ1) is 11.7. The lowest BCUT2D eigenvalue weighted by Crippen LogP contribution is -2.33. The molecular formula is C18H21N3O3S. The van der Waals surface area contributed by atoms with E-state index >= 15 is 0 Å². The van der Waals surface area contributed by atoms with E-state index in [1.165, 1.54) is 6.39 Å². The smallest absolute Gasteiger partial charge is 0.237 e. The Kier molecular flexibility index (Phi) is 4.43. The molecule has 1 heterocycles. The van der Waals surface area contributed by atoms with Gasteiger partial charge in [0.2, 0.25) is 10.0 Å². The molecule has 2 N–H and O–H groups in total. The van der Waals surface area contributed by atoms with E-state index in [0.717, 1.165) is 22.4 Å². The van der Waals surface area contributed by atoms with E-state index in [1.54, 1.807) is 32.9 Å². The van der Waals surface area contributed by atoms with Crippen LogP contribution in [0.15, 0.2) is 53.3 Å². The quantitative estimate of drug-likeness (QED) is 0.720. The molecule has 0 aliphatic carbocycles. The second-order valence-corrected chi connectivity index (χ2v) is 9.24. The summed E-state index contributed by atoms with van der Waals surface area (Å²) in [6, 6.07) is 13.0. The number of fused-ring (bicyclic) bond motifs is 1. The molecule has 0 spiro atoms. The molecule has 0 amide bonds. The zero-order chi connectivity index (χ0) is 18.1. The number of rotatable bonds is 5. The first kappa shape index (κ1) is 17.3.